The molecule has 0 saturated carbocycles. The van der Waals surface area contributed by atoms with Crippen molar-refractivity contribution in [3.8, 4) is 5.69 Å². The van der Waals surface area contributed by atoms with Crippen molar-refractivity contribution in [2.75, 3.05) is 5.32 Å². The summed E-state index contributed by atoms with van der Waals surface area (Å²) in [4.78, 5) is 16.0. The third-order valence-corrected chi connectivity index (χ3v) is 3.22. The molecule has 8 heteroatoms. The highest BCUT2D eigenvalue weighted by molar-refractivity contribution is 6.30. The van der Waals surface area contributed by atoms with Crippen molar-refractivity contribution in [1.29, 1.82) is 0 Å². The molecule has 2 aromatic heterocycles. The molecule has 0 aliphatic carbocycles. The van der Waals surface area contributed by atoms with Gasteiger partial charge < -0.3 is 0 Å². The molecule has 3 aromatic rings. The Balaban J connectivity index is 1.88. The van der Waals surface area contributed by atoms with Gasteiger partial charge in [-0.1, -0.05) is 11.6 Å². The monoisotopic (exact) mass is 302 g/mol. The minimum atomic E-state index is -0.301. The van der Waals surface area contributed by atoms with Crippen LogP contribution in [0.3, 0.4) is 0 Å². The SMILES string of the molecule is Cc1c(C(=O)Nc2ncn[nH]2)cnn1-c1ccc(Cl)cc1. The highest BCUT2D eigenvalue weighted by atomic mass is 35.5. The van der Waals surface area contributed by atoms with Crippen LogP contribution in [0.15, 0.2) is 36.8 Å². The molecule has 2 heterocycles. The van der Waals surface area contributed by atoms with Crippen LogP contribution in [0.5, 0.6) is 0 Å². The van der Waals surface area contributed by atoms with Crippen LogP contribution in [0.25, 0.3) is 5.69 Å². The Morgan fingerprint density at radius 2 is 2.10 bits per heavy atom. The number of anilines is 1. The summed E-state index contributed by atoms with van der Waals surface area (Å²) in [5.74, 6) is -0.0110. The Morgan fingerprint density at radius 1 is 1.33 bits per heavy atom. The highest BCUT2D eigenvalue weighted by Crippen LogP contribution is 2.17. The van der Waals surface area contributed by atoms with E-state index in [4.69, 9.17) is 11.6 Å². The van der Waals surface area contributed by atoms with E-state index >= 15 is 0 Å². The summed E-state index contributed by atoms with van der Waals surface area (Å²) in [6.45, 7) is 1.82. The molecule has 0 unspecified atom stereocenters. The molecule has 0 aliphatic heterocycles. The van der Waals surface area contributed by atoms with Gasteiger partial charge in [-0.05, 0) is 31.2 Å². The first-order valence-electron chi connectivity index (χ1n) is 6.12. The topological polar surface area (TPSA) is 88.5 Å². The summed E-state index contributed by atoms with van der Waals surface area (Å²) in [7, 11) is 0. The lowest BCUT2D eigenvalue weighted by molar-refractivity contribution is 0.102. The van der Waals surface area contributed by atoms with Gasteiger partial charge in [-0.3, -0.25) is 10.1 Å². The van der Waals surface area contributed by atoms with Crippen LogP contribution in [0, 0.1) is 6.92 Å². The van der Waals surface area contributed by atoms with E-state index < -0.39 is 0 Å². The molecule has 106 valence electrons. The average molecular weight is 303 g/mol. The maximum atomic E-state index is 12.2. The molecule has 0 bridgehead atoms. The van der Waals surface area contributed by atoms with Gasteiger partial charge in [0.15, 0.2) is 0 Å². The van der Waals surface area contributed by atoms with Gasteiger partial charge in [0.2, 0.25) is 5.95 Å². The number of aromatic nitrogens is 5. The third kappa shape index (κ3) is 2.63. The normalized spacial score (nSPS) is 10.6. The van der Waals surface area contributed by atoms with Gasteiger partial charge in [0.05, 0.1) is 23.1 Å². The van der Waals surface area contributed by atoms with Crippen molar-refractivity contribution in [2.24, 2.45) is 0 Å². The number of nitrogens with one attached hydrogen (secondary N) is 2. The van der Waals surface area contributed by atoms with E-state index in [9.17, 15) is 4.79 Å². The predicted molar refractivity (Wildman–Crippen MR) is 77.6 cm³/mol. The smallest absolute Gasteiger partial charge is 0.261 e. The largest absolute Gasteiger partial charge is 0.291 e. The Labute approximate surface area is 125 Å². The number of carbonyl (C=O) groups excluding carboxylic acids is 1. The molecule has 1 amide bonds. The summed E-state index contributed by atoms with van der Waals surface area (Å²) >= 11 is 5.86. The van der Waals surface area contributed by atoms with Crippen LogP contribution < -0.4 is 5.32 Å². The van der Waals surface area contributed by atoms with E-state index in [1.165, 1.54) is 12.5 Å². The Kier molecular flexibility index (Phi) is 3.41. The van der Waals surface area contributed by atoms with Gasteiger partial charge >= 0.3 is 0 Å². The first-order valence-corrected chi connectivity index (χ1v) is 6.50. The van der Waals surface area contributed by atoms with Gasteiger partial charge in [-0.2, -0.15) is 15.2 Å². The number of carbonyl (C=O) groups is 1. The van der Waals surface area contributed by atoms with Gasteiger partial charge in [-0.15, -0.1) is 0 Å². The van der Waals surface area contributed by atoms with Crippen LogP contribution in [-0.4, -0.2) is 30.9 Å². The second-order valence-corrected chi connectivity index (χ2v) is 4.76. The molecule has 3 rings (SSSR count). The minimum absolute atomic E-state index is 0.290. The van der Waals surface area contributed by atoms with E-state index in [1.54, 1.807) is 16.8 Å². The van der Waals surface area contributed by atoms with Crippen LogP contribution >= 0.6 is 11.6 Å². The van der Waals surface area contributed by atoms with Crippen molar-refractivity contribution in [2.45, 2.75) is 6.92 Å². The Hall–Kier alpha value is -2.67. The lowest BCUT2D eigenvalue weighted by Crippen LogP contribution is -2.14. The number of halogens is 1. The van der Waals surface area contributed by atoms with Gasteiger partial charge in [0, 0.05) is 5.02 Å². The number of benzene rings is 1. The van der Waals surface area contributed by atoms with E-state index in [0.29, 0.717) is 22.2 Å². The predicted octanol–water partition coefficient (Wildman–Crippen LogP) is 2.20. The summed E-state index contributed by atoms with van der Waals surface area (Å²) in [5.41, 5.74) is 2.01. The minimum Gasteiger partial charge on any atom is -0.291 e. The highest BCUT2D eigenvalue weighted by Gasteiger charge is 2.16. The molecular weight excluding hydrogens is 292 g/mol. The zero-order valence-electron chi connectivity index (χ0n) is 11.0. The number of amides is 1. The molecule has 21 heavy (non-hydrogen) atoms. The maximum absolute atomic E-state index is 12.2. The molecule has 0 radical (unpaired) electrons. The Bertz CT molecular complexity index is 763. The lowest BCUT2D eigenvalue weighted by Gasteiger charge is -2.05. The summed E-state index contributed by atoms with van der Waals surface area (Å²) < 4.78 is 1.67. The first kappa shape index (κ1) is 13.3. The van der Waals surface area contributed by atoms with Gasteiger partial charge in [0.25, 0.3) is 5.91 Å². The van der Waals surface area contributed by atoms with E-state index in [-0.39, 0.29) is 5.91 Å². The fraction of sp³-hybridized carbons (Fsp3) is 0.0769. The van der Waals surface area contributed by atoms with Crippen molar-refractivity contribution in [3.63, 3.8) is 0 Å². The molecule has 0 spiro atoms. The van der Waals surface area contributed by atoms with Crippen LogP contribution in [-0.2, 0) is 0 Å². The number of hydrogen-bond donors (Lipinski definition) is 2. The quantitative estimate of drug-likeness (QED) is 0.776. The number of aromatic amines is 1. The summed E-state index contributed by atoms with van der Waals surface area (Å²) in [6, 6.07) is 7.21. The molecule has 1 aromatic carbocycles. The summed E-state index contributed by atoms with van der Waals surface area (Å²) in [6.07, 6.45) is 2.83. The van der Waals surface area contributed by atoms with E-state index in [0.717, 1.165) is 5.69 Å². The van der Waals surface area contributed by atoms with Crippen molar-refractivity contribution >= 4 is 23.5 Å². The fourth-order valence-corrected chi connectivity index (χ4v) is 2.04. The molecular formula is C13H11ClN6O. The van der Waals surface area contributed by atoms with E-state index in [2.05, 4.69) is 25.6 Å². The molecule has 0 atom stereocenters. The third-order valence-electron chi connectivity index (χ3n) is 2.97. The molecule has 7 nitrogen and oxygen atoms in total. The molecule has 0 saturated heterocycles. The van der Waals surface area contributed by atoms with Crippen molar-refractivity contribution in [3.05, 3.63) is 53.1 Å². The number of rotatable bonds is 3. The standard InChI is InChI=1S/C13H11ClN6O/c1-8-11(12(21)18-13-15-7-16-19-13)6-17-20(8)10-4-2-9(14)3-5-10/h2-7H,1H3,(H2,15,16,18,19,21). The maximum Gasteiger partial charge on any atom is 0.261 e. The van der Waals surface area contributed by atoms with Crippen LogP contribution in [0.4, 0.5) is 5.95 Å². The average Bonchev–Trinajstić information content (AvgIpc) is 3.09. The summed E-state index contributed by atoms with van der Waals surface area (Å²) in [5, 5.41) is 13.7. The van der Waals surface area contributed by atoms with Gasteiger partial charge in [-0.25, -0.2) is 9.78 Å². The van der Waals surface area contributed by atoms with Crippen LogP contribution in [0.1, 0.15) is 16.1 Å². The second kappa shape index (κ2) is 5.37. The van der Waals surface area contributed by atoms with Crippen molar-refractivity contribution in [1.82, 2.24) is 25.0 Å². The molecule has 0 fully saturated rings. The first-order chi connectivity index (χ1) is 10.1. The van der Waals surface area contributed by atoms with E-state index in [1.807, 2.05) is 19.1 Å². The van der Waals surface area contributed by atoms with Gasteiger partial charge in [0.1, 0.15) is 6.33 Å². The number of hydrogen-bond acceptors (Lipinski definition) is 4. The second-order valence-electron chi connectivity index (χ2n) is 4.32. The number of H-pyrrole nitrogens is 1. The molecule has 0 aliphatic rings. The fourth-order valence-electron chi connectivity index (χ4n) is 1.92. The number of nitrogens with zero attached hydrogens (tertiary/aromatic N) is 4. The van der Waals surface area contributed by atoms with Crippen molar-refractivity contribution < 1.29 is 4.79 Å². The zero-order valence-corrected chi connectivity index (χ0v) is 11.8. The van der Waals surface area contributed by atoms with Crippen LogP contribution in [0.2, 0.25) is 5.02 Å². The zero-order chi connectivity index (χ0) is 14.8. The lowest BCUT2D eigenvalue weighted by atomic mass is 10.2. The molecule has 2 N–H and O–H groups in total. The Morgan fingerprint density at radius 3 is 2.76 bits per heavy atom.